The molecule has 2 rings (SSSR count). The number of anilines is 1. The Hall–Kier alpha value is -1.43. The van der Waals surface area contributed by atoms with Crippen LogP contribution in [0.5, 0.6) is 0 Å². The third-order valence-electron chi connectivity index (χ3n) is 2.46. The topological polar surface area (TPSA) is 54.2 Å². The normalized spacial score (nSPS) is 10.8. The number of nitrogens with one attached hydrogen (secondary N) is 1. The molecule has 0 saturated carbocycles. The highest BCUT2D eigenvalue weighted by molar-refractivity contribution is 7.07. The molecule has 0 aliphatic heterocycles. The summed E-state index contributed by atoms with van der Waals surface area (Å²) in [5, 5.41) is 4.28. The van der Waals surface area contributed by atoms with Gasteiger partial charge in [-0.05, 0) is 41.1 Å². The number of aromatic nitrogens is 1. The summed E-state index contributed by atoms with van der Waals surface area (Å²) < 4.78 is 0. The average molecular weight is 248 g/mol. The maximum atomic E-state index is 5.27. The zero-order valence-corrected chi connectivity index (χ0v) is 10.6. The SMILES string of the molecule is CN(Cc1ccc(NN)nc1)Cc1ccsc1. The van der Waals surface area contributed by atoms with Gasteiger partial charge in [0.2, 0.25) is 0 Å². The van der Waals surface area contributed by atoms with Gasteiger partial charge in [-0.1, -0.05) is 6.07 Å². The fourth-order valence-electron chi connectivity index (χ4n) is 1.67. The Morgan fingerprint density at radius 2 is 2.12 bits per heavy atom. The molecule has 0 bridgehead atoms. The molecule has 90 valence electrons. The molecule has 4 nitrogen and oxygen atoms in total. The standard InChI is InChI=1S/C12H16N4S/c1-16(8-11-4-5-17-9-11)7-10-2-3-12(15-13)14-6-10/h2-6,9H,7-8,13H2,1H3,(H,14,15). The molecule has 2 heterocycles. The van der Waals surface area contributed by atoms with E-state index in [-0.39, 0.29) is 0 Å². The van der Waals surface area contributed by atoms with Gasteiger partial charge in [-0.15, -0.1) is 0 Å². The van der Waals surface area contributed by atoms with Crippen molar-refractivity contribution in [3.05, 3.63) is 46.3 Å². The van der Waals surface area contributed by atoms with Crippen molar-refractivity contribution < 1.29 is 0 Å². The molecule has 0 saturated heterocycles. The molecule has 0 unspecified atom stereocenters. The largest absolute Gasteiger partial charge is 0.308 e. The molecule has 5 heteroatoms. The van der Waals surface area contributed by atoms with Crippen molar-refractivity contribution in [1.82, 2.24) is 9.88 Å². The van der Waals surface area contributed by atoms with Crippen molar-refractivity contribution >= 4 is 17.2 Å². The molecular formula is C12H16N4S. The van der Waals surface area contributed by atoms with Crippen LogP contribution in [0, 0.1) is 0 Å². The van der Waals surface area contributed by atoms with E-state index in [1.807, 2.05) is 18.3 Å². The first-order valence-corrected chi connectivity index (χ1v) is 6.33. The smallest absolute Gasteiger partial charge is 0.139 e. The predicted molar refractivity (Wildman–Crippen MR) is 71.5 cm³/mol. The van der Waals surface area contributed by atoms with Crippen LogP contribution < -0.4 is 11.3 Å². The molecule has 2 aromatic rings. The number of hydrogen-bond acceptors (Lipinski definition) is 5. The van der Waals surface area contributed by atoms with Gasteiger partial charge in [-0.25, -0.2) is 10.8 Å². The van der Waals surface area contributed by atoms with E-state index < -0.39 is 0 Å². The van der Waals surface area contributed by atoms with Crippen LogP contribution in [-0.2, 0) is 13.1 Å². The van der Waals surface area contributed by atoms with Gasteiger partial charge >= 0.3 is 0 Å². The minimum atomic E-state index is 0.689. The lowest BCUT2D eigenvalue weighted by atomic mass is 10.2. The second-order valence-electron chi connectivity index (χ2n) is 4.00. The van der Waals surface area contributed by atoms with Crippen LogP contribution >= 0.6 is 11.3 Å². The number of pyridine rings is 1. The van der Waals surface area contributed by atoms with Crippen LogP contribution in [0.3, 0.4) is 0 Å². The van der Waals surface area contributed by atoms with E-state index in [4.69, 9.17) is 5.84 Å². The number of nitrogen functional groups attached to an aromatic ring is 1. The van der Waals surface area contributed by atoms with E-state index >= 15 is 0 Å². The number of thiophene rings is 1. The molecule has 0 spiro atoms. The van der Waals surface area contributed by atoms with Crippen LogP contribution in [0.1, 0.15) is 11.1 Å². The maximum absolute atomic E-state index is 5.27. The van der Waals surface area contributed by atoms with E-state index in [0.29, 0.717) is 5.82 Å². The fraction of sp³-hybridized carbons (Fsp3) is 0.250. The first kappa shape index (κ1) is 12.0. The van der Waals surface area contributed by atoms with E-state index in [2.05, 4.69) is 39.2 Å². The summed E-state index contributed by atoms with van der Waals surface area (Å²) in [6.07, 6.45) is 1.85. The quantitative estimate of drug-likeness (QED) is 0.628. The van der Waals surface area contributed by atoms with Gasteiger partial charge < -0.3 is 5.43 Å². The Morgan fingerprint density at radius 1 is 1.29 bits per heavy atom. The van der Waals surface area contributed by atoms with Gasteiger partial charge in [0.15, 0.2) is 0 Å². The molecular weight excluding hydrogens is 232 g/mol. The number of nitrogens with two attached hydrogens (primary N) is 1. The van der Waals surface area contributed by atoms with Gasteiger partial charge in [-0.2, -0.15) is 11.3 Å². The lowest BCUT2D eigenvalue weighted by molar-refractivity contribution is 0.319. The molecule has 2 aromatic heterocycles. The first-order valence-electron chi connectivity index (χ1n) is 5.39. The zero-order chi connectivity index (χ0) is 12.1. The van der Waals surface area contributed by atoms with Gasteiger partial charge in [0.05, 0.1) is 0 Å². The molecule has 0 radical (unpaired) electrons. The second kappa shape index (κ2) is 5.77. The molecule has 0 aromatic carbocycles. The van der Waals surface area contributed by atoms with E-state index in [0.717, 1.165) is 13.1 Å². The number of nitrogens with zero attached hydrogens (tertiary/aromatic N) is 2. The Balaban J connectivity index is 1.91. The Labute approximate surface area is 105 Å². The predicted octanol–water partition coefficient (Wildman–Crippen LogP) is 2.06. The third-order valence-corrected chi connectivity index (χ3v) is 3.19. The minimum Gasteiger partial charge on any atom is -0.308 e. The summed E-state index contributed by atoms with van der Waals surface area (Å²) in [6.45, 7) is 1.84. The van der Waals surface area contributed by atoms with Crippen LogP contribution in [0.15, 0.2) is 35.2 Å². The first-order chi connectivity index (χ1) is 8.28. The summed E-state index contributed by atoms with van der Waals surface area (Å²) in [4.78, 5) is 6.45. The lowest BCUT2D eigenvalue weighted by Gasteiger charge is -2.15. The van der Waals surface area contributed by atoms with Crippen molar-refractivity contribution in [3.8, 4) is 0 Å². The van der Waals surface area contributed by atoms with Gasteiger partial charge in [0.25, 0.3) is 0 Å². The summed E-state index contributed by atoms with van der Waals surface area (Å²) in [5.74, 6) is 5.96. The molecule has 0 fully saturated rings. The number of rotatable bonds is 5. The van der Waals surface area contributed by atoms with Crippen molar-refractivity contribution in [3.63, 3.8) is 0 Å². The van der Waals surface area contributed by atoms with Gasteiger partial charge in [0.1, 0.15) is 5.82 Å². The number of hydrogen-bond donors (Lipinski definition) is 2. The van der Waals surface area contributed by atoms with Crippen molar-refractivity contribution in [1.29, 1.82) is 0 Å². The van der Waals surface area contributed by atoms with Crippen LogP contribution in [0.2, 0.25) is 0 Å². The van der Waals surface area contributed by atoms with Gasteiger partial charge in [-0.3, -0.25) is 4.90 Å². The highest BCUT2D eigenvalue weighted by Gasteiger charge is 2.02. The fourth-order valence-corrected chi connectivity index (χ4v) is 2.33. The Bertz CT molecular complexity index is 438. The van der Waals surface area contributed by atoms with Crippen LogP contribution in [-0.4, -0.2) is 16.9 Å². The molecule has 0 amide bonds. The Morgan fingerprint density at radius 3 is 2.71 bits per heavy atom. The summed E-state index contributed by atoms with van der Waals surface area (Å²) in [6, 6.07) is 6.07. The molecule has 3 N–H and O–H groups in total. The van der Waals surface area contributed by atoms with Crippen LogP contribution in [0.4, 0.5) is 5.82 Å². The summed E-state index contributed by atoms with van der Waals surface area (Å²) in [5.41, 5.74) is 5.06. The molecule has 0 atom stereocenters. The Kier molecular flexibility index (Phi) is 4.08. The zero-order valence-electron chi connectivity index (χ0n) is 9.76. The average Bonchev–Trinajstić information content (AvgIpc) is 2.82. The second-order valence-corrected chi connectivity index (χ2v) is 4.78. The van der Waals surface area contributed by atoms with Crippen molar-refractivity contribution in [2.75, 3.05) is 12.5 Å². The van der Waals surface area contributed by atoms with E-state index in [9.17, 15) is 0 Å². The summed E-state index contributed by atoms with van der Waals surface area (Å²) >= 11 is 1.73. The highest BCUT2D eigenvalue weighted by Crippen LogP contribution is 2.11. The molecule has 0 aliphatic rings. The van der Waals surface area contributed by atoms with E-state index in [1.54, 1.807) is 11.3 Å². The summed E-state index contributed by atoms with van der Waals surface area (Å²) in [7, 11) is 2.10. The monoisotopic (exact) mass is 248 g/mol. The highest BCUT2D eigenvalue weighted by atomic mass is 32.1. The maximum Gasteiger partial charge on any atom is 0.139 e. The minimum absolute atomic E-state index is 0.689. The van der Waals surface area contributed by atoms with Crippen molar-refractivity contribution in [2.45, 2.75) is 13.1 Å². The van der Waals surface area contributed by atoms with E-state index in [1.165, 1.54) is 11.1 Å². The third kappa shape index (κ3) is 3.52. The number of hydrazine groups is 1. The molecule has 0 aliphatic carbocycles. The molecule has 17 heavy (non-hydrogen) atoms. The van der Waals surface area contributed by atoms with Crippen LogP contribution in [0.25, 0.3) is 0 Å². The van der Waals surface area contributed by atoms with Crippen molar-refractivity contribution in [2.24, 2.45) is 5.84 Å². The van der Waals surface area contributed by atoms with Gasteiger partial charge in [0, 0.05) is 19.3 Å². The lowest BCUT2D eigenvalue weighted by Crippen LogP contribution is -2.17.